The van der Waals surface area contributed by atoms with E-state index in [4.69, 9.17) is 16.2 Å². The monoisotopic (exact) mass is 453 g/mol. The number of aromatic nitrogens is 2. The summed E-state index contributed by atoms with van der Waals surface area (Å²) in [6, 6.07) is 25.1. The van der Waals surface area contributed by atoms with E-state index < -0.39 is 0 Å². The average molecular weight is 454 g/mol. The van der Waals surface area contributed by atoms with E-state index in [1.807, 2.05) is 85.8 Å². The number of nitrogens with two attached hydrogens (primary N) is 2. The first-order valence-electron chi connectivity index (χ1n) is 11.0. The third-order valence-corrected chi connectivity index (χ3v) is 5.45. The van der Waals surface area contributed by atoms with Gasteiger partial charge in [0.15, 0.2) is 0 Å². The van der Waals surface area contributed by atoms with E-state index >= 15 is 0 Å². The molecule has 0 aliphatic rings. The number of carbonyl (C=O) groups excluding carboxylic acids is 1. The van der Waals surface area contributed by atoms with E-state index in [1.165, 1.54) is 0 Å². The molecule has 0 bridgehead atoms. The van der Waals surface area contributed by atoms with Crippen molar-refractivity contribution in [3.8, 4) is 11.1 Å². The molecule has 4 rings (SSSR count). The molecular weight excluding hydrogens is 426 g/mol. The van der Waals surface area contributed by atoms with E-state index in [2.05, 4.69) is 15.3 Å². The van der Waals surface area contributed by atoms with E-state index in [0.717, 1.165) is 22.3 Å². The number of rotatable bonds is 8. The number of hydrogen-bond acceptors (Lipinski definition) is 6. The molecule has 0 radical (unpaired) electrons. The highest BCUT2D eigenvalue weighted by Gasteiger charge is 2.15. The van der Waals surface area contributed by atoms with E-state index in [-0.39, 0.29) is 24.3 Å². The van der Waals surface area contributed by atoms with Gasteiger partial charge >= 0.3 is 0 Å². The minimum atomic E-state index is -0.0765. The fourth-order valence-electron chi connectivity index (χ4n) is 3.71. The van der Waals surface area contributed by atoms with Crippen LogP contribution in [-0.2, 0) is 29.2 Å². The lowest BCUT2D eigenvalue weighted by molar-refractivity contribution is -0.115. The number of carbonyl (C=O) groups is 1. The molecule has 4 aromatic rings. The molecule has 1 heterocycles. The molecule has 0 aliphatic carbocycles. The summed E-state index contributed by atoms with van der Waals surface area (Å²) in [5.74, 6) is 0.300. The summed E-state index contributed by atoms with van der Waals surface area (Å²) >= 11 is 0. The number of nitrogens with one attached hydrogen (secondary N) is 1. The summed E-state index contributed by atoms with van der Waals surface area (Å²) in [6.45, 7) is 2.67. The van der Waals surface area contributed by atoms with Crippen molar-refractivity contribution in [1.82, 2.24) is 9.97 Å². The molecule has 0 unspecified atom stereocenters. The molecule has 7 heteroatoms. The molecule has 0 aliphatic heterocycles. The van der Waals surface area contributed by atoms with Crippen molar-refractivity contribution in [1.29, 1.82) is 0 Å². The molecule has 34 heavy (non-hydrogen) atoms. The zero-order chi connectivity index (χ0) is 23.9. The molecule has 1 aromatic heterocycles. The largest absolute Gasteiger partial charge is 0.383 e. The fourth-order valence-corrected chi connectivity index (χ4v) is 3.71. The first kappa shape index (κ1) is 22.9. The van der Waals surface area contributed by atoms with Crippen LogP contribution in [-0.4, -0.2) is 15.9 Å². The minimum absolute atomic E-state index is 0.0765. The molecule has 3 aromatic carbocycles. The lowest BCUT2D eigenvalue weighted by atomic mass is 10.0. The van der Waals surface area contributed by atoms with Crippen molar-refractivity contribution in [2.75, 3.05) is 16.8 Å². The Morgan fingerprint density at radius 2 is 1.59 bits per heavy atom. The van der Waals surface area contributed by atoms with Gasteiger partial charge in [-0.2, -0.15) is 4.98 Å². The van der Waals surface area contributed by atoms with Crippen LogP contribution in [0.25, 0.3) is 11.1 Å². The maximum absolute atomic E-state index is 12.5. The zero-order valence-corrected chi connectivity index (χ0v) is 19.0. The zero-order valence-electron chi connectivity index (χ0n) is 19.0. The van der Waals surface area contributed by atoms with Crippen LogP contribution in [0.3, 0.4) is 0 Å². The van der Waals surface area contributed by atoms with Crippen molar-refractivity contribution in [2.45, 2.75) is 26.6 Å². The molecule has 0 atom stereocenters. The number of nitrogen functional groups attached to an aromatic ring is 2. The molecular formula is C27H27N5O2. The third-order valence-electron chi connectivity index (χ3n) is 5.45. The van der Waals surface area contributed by atoms with E-state index in [1.54, 1.807) is 0 Å². The van der Waals surface area contributed by atoms with Crippen LogP contribution in [0, 0.1) is 6.92 Å². The maximum Gasteiger partial charge on any atom is 0.228 e. The Morgan fingerprint density at radius 1 is 0.882 bits per heavy atom. The molecule has 172 valence electrons. The van der Waals surface area contributed by atoms with Gasteiger partial charge in [0, 0.05) is 11.3 Å². The normalized spacial score (nSPS) is 10.7. The van der Waals surface area contributed by atoms with Gasteiger partial charge < -0.3 is 21.5 Å². The quantitative estimate of drug-likeness (QED) is 0.361. The molecule has 0 saturated carbocycles. The van der Waals surface area contributed by atoms with Crippen LogP contribution in [0.4, 0.5) is 17.5 Å². The summed E-state index contributed by atoms with van der Waals surface area (Å²) in [4.78, 5) is 21.0. The highest BCUT2D eigenvalue weighted by Crippen LogP contribution is 2.30. The van der Waals surface area contributed by atoms with Gasteiger partial charge in [-0.1, -0.05) is 66.7 Å². The predicted molar refractivity (Wildman–Crippen MR) is 135 cm³/mol. The second-order valence-corrected chi connectivity index (χ2v) is 8.00. The number of ether oxygens (including phenoxy) is 1. The minimum Gasteiger partial charge on any atom is -0.383 e. The number of aryl methyl sites for hydroxylation is 1. The second kappa shape index (κ2) is 10.6. The van der Waals surface area contributed by atoms with Crippen LogP contribution in [0.5, 0.6) is 0 Å². The molecule has 5 N–H and O–H groups in total. The van der Waals surface area contributed by atoms with Gasteiger partial charge in [-0.05, 0) is 41.3 Å². The van der Waals surface area contributed by atoms with Crippen LogP contribution in [0.15, 0.2) is 78.9 Å². The average Bonchev–Trinajstić information content (AvgIpc) is 2.82. The smallest absolute Gasteiger partial charge is 0.228 e. The molecule has 0 saturated heterocycles. The Kier molecular flexibility index (Phi) is 7.15. The van der Waals surface area contributed by atoms with Gasteiger partial charge in [0.1, 0.15) is 5.82 Å². The third kappa shape index (κ3) is 5.76. The van der Waals surface area contributed by atoms with Gasteiger partial charge in [0.05, 0.1) is 25.3 Å². The number of nitrogens with zero attached hydrogens (tertiary/aromatic N) is 2. The number of benzene rings is 3. The summed E-state index contributed by atoms with van der Waals surface area (Å²) in [6.07, 6.45) is 0.316. The number of amides is 1. The lowest BCUT2D eigenvalue weighted by Crippen LogP contribution is -2.15. The van der Waals surface area contributed by atoms with Crippen molar-refractivity contribution in [3.05, 3.63) is 101 Å². The van der Waals surface area contributed by atoms with Gasteiger partial charge in [0.2, 0.25) is 11.9 Å². The molecule has 0 fully saturated rings. The summed E-state index contributed by atoms with van der Waals surface area (Å²) < 4.78 is 5.86. The van der Waals surface area contributed by atoms with Crippen LogP contribution in [0.1, 0.15) is 22.4 Å². The molecule has 7 nitrogen and oxygen atoms in total. The standard InChI is InChI=1S/C27H27N5O2/c1-18-7-5-6-10-21(18)15-24(33)30-22-13-11-20(12-14-22)25-23(31-27(29)32-26(25)28)17-34-16-19-8-3-2-4-9-19/h2-14H,15-17H2,1H3,(H,30,33)(H4,28,29,31,32). The first-order valence-corrected chi connectivity index (χ1v) is 11.0. The van der Waals surface area contributed by atoms with E-state index in [0.29, 0.717) is 30.0 Å². The maximum atomic E-state index is 12.5. The van der Waals surface area contributed by atoms with Crippen LogP contribution < -0.4 is 16.8 Å². The topological polar surface area (TPSA) is 116 Å². The molecule has 1 amide bonds. The van der Waals surface area contributed by atoms with Crippen molar-refractivity contribution >= 4 is 23.4 Å². The van der Waals surface area contributed by atoms with Crippen molar-refractivity contribution < 1.29 is 9.53 Å². The Labute approximate surface area is 198 Å². The Hall–Kier alpha value is -4.23. The predicted octanol–water partition coefficient (Wildman–Crippen LogP) is 4.51. The van der Waals surface area contributed by atoms with E-state index in [9.17, 15) is 4.79 Å². The summed E-state index contributed by atoms with van der Waals surface area (Å²) in [7, 11) is 0. The number of anilines is 3. The second-order valence-electron chi connectivity index (χ2n) is 8.00. The van der Waals surface area contributed by atoms with Crippen LogP contribution >= 0.6 is 0 Å². The van der Waals surface area contributed by atoms with Crippen molar-refractivity contribution in [2.24, 2.45) is 0 Å². The fraction of sp³-hybridized carbons (Fsp3) is 0.148. The van der Waals surface area contributed by atoms with Crippen molar-refractivity contribution in [3.63, 3.8) is 0 Å². The van der Waals surface area contributed by atoms with Gasteiger partial charge in [0.25, 0.3) is 0 Å². The highest BCUT2D eigenvalue weighted by atomic mass is 16.5. The van der Waals surface area contributed by atoms with Gasteiger partial charge in [-0.25, -0.2) is 4.98 Å². The summed E-state index contributed by atoms with van der Waals surface area (Å²) in [5, 5.41) is 2.94. The Balaban J connectivity index is 1.47. The highest BCUT2D eigenvalue weighted by molar-refractivity contribution is 5.92. The summed E-state index contributed by atoms with van der Waals surface area (Å²) in [5.41, 5.74) is 18.0. The van der Waals surface area contributed by atoms with Gasteiger partial charge in [-0.3, -0.25) is 4.79 Å². The SMILES string of the molecule is Cc1ccccc1CC(=O)Nc1ccc(-c2c(N)nc(N)nc2COCc2ccccc2)cc1. The Bertz CT molecular complexity index is 1270. The number of hydrogen-bond donors (Lipinski definition) is 3. The lowest BCUT2D eigenvalue weighted by Gasteiger charge is -2.13. The molecule has 0 spiro atoms. The van der Waals surface area contributed by atoms with Gasteiger partial charge in [-0.15, -0.1) is 0 Å². The van der Waals surface area contributed by atoms with Crippen LogP contribution in [0.2, 0.25) is 0 Å². The Morgan fingerprint density at radius 3 is 2.32 bits per heavy atom. The first-order chi connectivity index (χ1) is 16.5.